The summed E-state index contributed by atoms with van der Waals surface area (Å²) >= 11 is 6.04. The summed E-state index contributed by atoms with van der Waals surface area (Å²) in [5.74, 6) is 0. The largest absolute Gasteiger partial charge is 0.422 e. The number of hydrogen-bond donors (Lipinski definition) is 0. The van der Waals surface area contributed by atoms with Gasteiger partial charge in [0, 0.05) is 15.8 Å². The van der Waals surface area contributed by atoms with Crippen LogP contribution in [0.3, 0.4) is 0 Å². The maximum Gasteiger partial charge on any atom is 0.344 e. The predicted octanol–water partition coefficient (Wildman–Crippen LogP) is 4.75. The number of fused-ring (bicyclic) bond motifs is 4. The fraction of sp³-hybridized carbons (Fsp3) is 0. The molecule has 0 radical (unpaired) electrons. The first kappa shape index (κ1) is 11.5. The van der Waals surface area contributed by atoms with E-state index in [2.05, 4.69) is 0 Å². The maximum absolute atomic E-state index is 12.1. The van der Waals surface area contributed by atoms with Crippen molar-refractivity contribution in [1.29, 1.82) is 0 Å². The van der Waals surface area contributed by atoms with Gasteiger partial charge in [0.25, 0.3) is 0 Å². The van der Waals surface area contributed by atoms with Gasteiger partial charge in [-0.25, -0.2) is 4.79 Å². The molecule has 4 rings (SSSR count). The van der Waals surface area contributed by atoms with Crippen molar-refractivity contribution in [2.75, 3.05) is 0 Å². The third-order valence-electron chi connectivity index (χ3n) is 3.54. The molecule has 3 aromatic carbocycles. The zero-order valence-electron chi connectivity index (χ0n) is 10.4. The van der Waals surface area contributed by atoms with Gasteiger partial charge in [-0.2, -0.15) is 0 Å². The zero-order valence-corrected chi connectivity index (χ0v) is 11.1. The van der Waals surface area contributed by atoms with E-state index in [0.29, 0.717) is 16.0 Å². The highest BCUT2D eigenvalue weighted by atomic mass is 35.5. The molecule has 0 saturated heterocycles. The Balaban J connectivity index is 2.30. The summed E-state index contributed by atoms with van der Waals surface area (Å²) in [4.78, 5) is 12.1. The topological polar surface area (TPSA) is 30.2 Å². The van der Waals surface area contributed by atoms with Crippen molar-refractivity contribution in [2.45, 2.75) is 0 Å². The molecule has 96 valence electrons. The molecule has 1 heterocycles. The molecule has 4 aromatic rings. The van der Waals surface area contributed by atoms with E-state index >= 15 is 0 Å². The van der Waals surface area contributed by atoms with E-state index in [0.717, 1.165) is 21.5 Å². The van der Waals surface area contributed by atoms with Gasteiger partial charge in [0.05, 0.1) is 5.39 Å². The van der Waals surface area contributed by atoms with Crippen LogP contribution in [0.4, 0.5) is 0 Å². The van der Waals surface area contributed by atoms with E-state index in [1.807, 2.05) is 48.5 Å². The van der Waals surface area contributed by atoms with Gasteiger partial charge in [0.2, 0.25) is 0 Å². The van der Waals surface area contributed by atoms with Crippen LogP contribution in [0.25, 0.3) is 32.5 Å². The Morgan fingerprint density at radius 3 is 2.50 bits per heavy atom. The summed E-state index contributed by atoms with van der Waals surface area (Å²) in [6.07, 6.45) is 0. The molecule has 0 saturated carbocycles. The lowest BCUT2D eigenvalue weighted by Gasteiger charge is -2.05. The number of rotatable bonds is 0. The fourth-order valence-corrected chi connectivity index (χ4v) is 2.77. The summed E-state index contributed by atoms with van der Waals surface area (Å²) in [6, 6.07) is 17.0. The first-order valence-corrected chi connectivity index (χ1v) is 6.65. The Kier molecular flexibility index (Phi) is 2.35. The van der Waals surface area contributed by atoms with Crippen LogP contribution < -0.4 is 5.63 Å². The first-order valence-electron chi connectivity index (χ1n) is 6.27. The van der Waals surface area contributed by atoms with Gasteiger partial charge in [-0.15, -0.1) is 0 Å². The van der Waals surface area contributed by atoms with E-state index < -0.39 is 0 Å². The van der Waals surface area contributed by atoms with Crippen molar-refractivity contribution in [2.24, 2.45) is 0 Å². The molecule has 0 N–H and O–H groups in total. The van der Waals surface area contributed by atoms with Crippen molar-refractivity contribution in [3.63, 3.8) is 0 Å². The van der Waals surface area contributed by atoms with Crippen molar-refractivity contribution < 1.29 is 4.42 Å². The van der Waals surface area contributed by atoms with E-state index in [1.54, 1.807) is 6.07 Å². The summed E-state index contributed by atoms with van der Waals surface area (Å²) in [5, 5.41) is 5.10. The van der Waals surface area contributed by atoms with Crippen molar-refractivity contribution in [3.05, 3.63) is 70.0 Å². The van der Waals surface area contributed by atoms with Gasteiger partial charge in [-0.05, 0) is 41.1 Å². The molecule has 0 aliphatic heterocycles. The van der Waals surface area contributed by atoms with Crippen LogP contribution in [-0.2, 0) is 0 Å². The Morgan fingerprint density at radius 2 is 1.60 bits per heavy atom. The van der Waals surface area contributed by atoms with Gasteiger partial charge in [0.1, 0.15) is 5.58 Å². The predicted molar refractivity (Wildman–Crippen MR) is 82.5 cm³/mol. The number of halogens is 1. The van der Waals surface area contributed by atoms with Crippen LogP contribution in [0.2, 0.25) is 5.02 Å². The number of para-hydroxylation sites is 1. The van der Waals surface area contributed by atoms with E-state index in [4.69, 9.17) is 16.0 Å². The molecule has 2 nitrogen and oxygen atoms in total. The normalized spacial score (nSPS) is 11.4. The molecule has 0 bridgehead atoms. The van der Waals surface area contributed by atoms with Crippen molar-refractivity contribution >= 4 is 44.1 Å². The van der Waals surface area contributed by atoms with Crippen molar-refractivity contribution in [1.82, 2.24) is 0 Å². The highest BCUT2D eigenvalue weighted by Crippen LogP contribution is 2.28. The van der Waals surface area contributed by atoms with E-state index in [-0.39, 0.29) is 5.63 Å². The maximum atomic E-state index is 12.1. The van der Waals surface area contributed by atoms with Gasteiger partial charge in [-0.1, -0.05) is 35.9 Å². The Labute approximate surface area is 119 Å². The fourth-order valence-electron chi connectivity index (χ4n) is 2.59. The molecular weight excluding hydrogens is 272 g/mol. The van der Waals surface area contributed by atoms with Gasteiger partial charge in [0.15, 0.2) is 0 Å². The van der Waals surface area contributed by atoms with E-state index in [9.17, 15) is 4.79 Å². The lowest BCUT2D eigenvalue weighted by molar-refractivity contribution is 0.570. The monoisotopic (exact) mass is 280 g/mol. The molecule has 3 heteroatoms. The Morgan fingerprint density at radius 1 is 0.800 bits per heavy atom. The lowest BCUT2D eigenvalue weighted by atomic mass is 10.0. The van der Waals surface area contributed by atoms with Crippen molar-refractivity contribution in [3.8, 4) is 0 Å². The second-order valence-electron chi connectivity index (χ2n) is 4.77. The van der Waals surface area contributed by atoms with Gasteiger partial charge >= 0.3 is 5.63 Å². The van der Waals surface area contributed by atoms with Gasteiger partial charge in [-0.3, -0.25) is 0 Å². The Hall–Kier alpha value is -2.32. The molecule has 0 aliphatic carbocycles. The average Bonchev–Trinajstić information content (AvgIpc) is 2.46. The molecule has 0 aliphatic rings. The molecule has 20 heavy (non-hydrogen) atoms. The molecule has 0 atom stereocenters. The lowest BCUT2D eigenvalue weighted by Crippen LogP contribution is -1.99. The summed E-state index contributed by atoms with van der Waals surface area (Å²) < 4.78 is 5.37. The highest BCUT2D eigenvalue weighted by Gasteiger charge is 2.08. The van der Waals surface area contributed by atoms with Crippen LogP contribution in [0.5, 0.6) is 0 Å². The minimum absolute atomic E-state index is 0.310. The standard InChI is InChI=1S/C17H9ClO2/c18-12-6-5-10-8-15-14(9-11(10)7-12)13-3-1-2-4-16(13)20-17(15)19/h1-9H. The molecule has 0 unspecified atom stereocenters. The SMILES string of the molecule is O=c1oc2ccccc2c2cc3cc(Cl)ccc3cc12. The van der Waals surface area contributed by atoms with Crippen LogP contribution in [0, 0.1) is 0 Å². The molecule has 0 spiro atoms. The number of benzene rings is 3. The smallest absolute Gasteiger partial charge is 0.344 e. The van der Waals surface area contributed by atoms with E-state index in [1.165, 1.54) is 0 Å². The second-order valence-corrected chi connectivity index (χ2v) is 5.21. The summed E-state index contributed by atoms with van der Waals surface area (Å²) in [5.41, 5.74) is 0.293. The van der Waals surface area contributed by atoms with Crippen LogP contribution in [-0.4, -0.2) is 0 Å². The number of hydrogen-bond acceptors (Lipinski definition) is 2. The highest BCUT2D eigenvalue weighted by molar-refractivity contribution is 6.31. The molecular formula is C17H9ClO2. The zero-order chi connectivity index (χ0) is 13.7. The minimum Gasteiger partial charge on any atom is -0.422 e. The molecule has 0 amide bonds. The Bertz CT molecular complexity index is 1030. The quantitative estimate of drug-likeness (QED) is 0.264. The molecule has 1 aromatic heterocycles. The summed E-state index contributed by atoms with van der Waals surface area (Å²) in [6.45, 7) is 0. The average molecular weight is 281 g/mol. The second kappa shape index (κ2) is 4.09. The third kappa shape index (κ3) is 1.62. The van der Waals surface area contributed by atoms with Crippen LogP contribution in [0.15, 0.2) is 63.8 Å². The van der Waals surface area contributed by atoms with Crippen LogP contribution in [0.1, 0.15) is 0 Å². The molecule has 0 fully saturated rings. The third-order valence-corrected chi connectivity index (χ3v) is 3.77. The minimum atomic E-state index is -0.310. The van der Waals surface area contributed by atoms with Gasteiger partial charge < -0.3 is 4.42 Å². The van der Waals surface area contributed by atoms with Crippen LogP contribution >= 0.6 is 11.6 Å². The first-order chi connectivity index (χ1) is 9.72. The summed E-state index contributed by atoms with van der Waals surface area (Å²) in [7, 11) is 0.